The predicted molar refractivity (Wildman–Crippen MR) is 105 cm³/mol. The average molecular weight is 398 g/mol. The van der Waals surface area contributed by atoms with Crippen LogP contribution in [0, 0.1) is 0 Å². The monoisotopic (exact) mass is 397 g/mol. The lowest BCUT2D eigenvalue weighted by atomic mass is 10.2. The van der Waals surface area contributed by atoms with Crippen LogP contribution in [0.25, 0.3) is 0 Å². The lowest BCUT2D eigenvalue weighted by molar-refractivity contribution is -0.117. The van der Waals surface area contributed by atoms with Crippen molar-refractivity contribution in [1.82, 2.24) is 5.32 Å². The zero-order valence-electron chi connectivity index (χ0n) is 15.2. The Hall–Kier alpha value is -1.60. The number of ether oxygens (including phenoxy) is 1. The number of nitrogens with one attached hydrogen (secondary N) is 2. The van der Waals surface area contributed by atoms with E-state index in [4.69, 9.17) is 16.3 Å². The summed E-state index contributed by atoms with van der Waals surface area (Å²) in [5.41, 5.74) is 1.07. The summed E-state index contributed by atoms with van der Waals surface area (Å²) < 4.78 is 5.25. The summed E-state index contributed by atoms with van der Waals surface area (Å²) in [6, 6.07) is 3.16. The zero-order chi connectivity index (χ0) is 18.9. The maximum Gasteiger partial charge on any atom is 0.408 e. The Bertz CT molecular complexity index is 714. The van der Waals surface area contributed by atoms with Crippen molar-refractivity contribution in [3.8, 4) is 0 Å². The van der Waals surface area contributed by atoms with E-state index in [0.717, 1.165) is 23.7 Å². The van der Waals surface area contributed by atoms with E-state index < -0.39 is 17.7 Å². The Morgan fingerprint density at radius 1 is 1.35 bits per heavy atom. The fourth-order valence-corrected chi connectivity index (χ4v) is 4.31. The molecule has 2 N–H and O–H groups in total. The number of carbonyl (C=O) groups excluding carboxylic acids is 2. The molecule has 1 fully saturated rings. The summed E-state index contributed by atoms with van der Waals surface area (Å²) in [5.74, 6) is 0.159. The molecule has 0 radical (unpaired) electrons. The van der Waals surface area contributed by atoms with Crippen LogP contribution in [0.2, 0.25) is 5.02 Å². The molecule has 142 valence electrons. The number of hydrogen-bond donors (Lipinski definition) is 2. The van der Waals surface area contributed by atoms with Crippen LogP contribution in [0.1, 0.15) is 33.6 Å². The fourth-order valence-electron chi connectivity index (χ4n) is 2.99. The highest BCUT2D eigenvalue weighted by Gasteiger charge is 2.29. The van der Waals surface area contributed by atoms with Gasteiger partial charge in [0.25, 0.3) is 0 Å². The second-order valence-corrected chi connectivity index (χ2v) is 8.96. The molecule has 2 amide bonds. The molecule has 0 unspecified atom stereocenters. The second kappa shape index (κ2) is 7.56. The number of thioether (sulfide) groups is 1. The van der Waals surface area contributed by atoms with Crippen molar-refractivity contribution in [2.45, 2.75) is 50.2 Å². The molecule has 2 aliphatic heterocycles. The van der Waals surface area contributed by atoms with Gasteiger partial charge >= 0.3 is 6.09 Å². The van der Waals surface area contributed by atoms with Gasteiger partial charge in [-0.05, 0) is 45.7 Å². The quantitative estimate of drug-likeness (QED) is 0.792. The third-order valence-electron chi connectivity index (χ3n) is 4.17. The Kier molecular flexibility index (Phi) is 5.58. The summed E-state index contributed by atoms with van der Waals surface area (Å²) in [5, 5.41) is 6.14. The van der Waals surface area contributed by atoms with Gasteiger partial charge in [-0.1, -0.05) is 11.6 Å². The molecular formula is C18H24ClN3O3S. The van der Waals surface area contributed by atoms with Crippen molar-refractivity contribution in [3.63, 3.8) is 0 Å². The first-order chi connectivity index (χ1) is 12.2. The molecule has 0 saturated carbocycles. The summed E-state index contributed by atoms with van der Waals surface area (Å²) in [6.45, 7) is 7.35. The van der Waals surface area contributed by atoms with E-state index in [2.05, 4.69) is 15.5 Å². The molecule has 0 spiro atoms. The lowest BCUT2D eigenvalue weighted by Crippen LogP contribution is -2.46. The van der Waals surface area contributed by atoms with Crippen molar-refractivity contribution in [2.75, 3.05) is 29.1 Å². The van der Waals surface area contributed by atoms with Crippen LogP contribution in [-0.2, 0) is 9.53 Å². The molecule has 6 nitrogen and oxygen atoms in total. The molecule has 0 aromatic heterocycles. The molecule has 2 aliphatic rings. The van der Waals surface area contributed by atoms with Gasteiger partial charge in [-0.2, -0.15) is 0 Å². The van der Waals surface area contributed by atoms with Crippen molar-refractivity contribution in [1.29, 1.82) is 0 Å². The van der Waals surface area contributed by atoms with E-state index in [1.165, 1.54) is 24.6 Å². The van der Waals surface area contributed by atoms with Gasteiger partial charge < -0.3 is 20.3 Å². The van der Waals surface area contributed by atoms with E-state index in [-0.39, 0.29) is 5.91 Å². The van der Waals surface area contributed by atoms with Gasteiger partial charge in [-0.25, -0.2) is 4.79 Å². The van der Waals surface area contributed by atoms with Crippen molar-refractivity contribution >= 4 is 46.7 Å². The molecule has 3 rings (SSSR count). The Balaban J connectivity index is 1.74. The first-order valence-corrected chi connectivity index (χ1v) is 10.1. The van der Waals surface area contributed by atoms with E-state index >= 15 is 0 Å². The number of nitrogens with zero attached hydrogens (tertiary/aromatic N) is 1. The fraction of sp³-hybridized carbons (Fsp3) is 0.556. The molecule has 0 bridgehead atoms. The molecule has 1 atom stereocenters. The number of anilines is 2. The number of rotatable bonds is 2. The van der Waals surface area contributed by atoms with Gasteiger partial charge in [0.05, 0.1) is 16.4 Å². The van der Waals surface area contributed by atoms with Gasteiger partial charge in [-0.3, -0.25) is 4.79 Å². The topological polar surface area (TPSA) is 70.7 Å². The number of fused-ring (bicyclic) bond motifs is 1. The van der Waals surface area contributed by atoms with Crippen LogP contribution in [0.3, 0.4) is 0 Å². The lowest BCUT2D eigenvalue weighted by Gasteiger charge is -2.22. The highest BCUT2D eigenvalue weighted by molar-refractivity contribution is 7.99. The van der Waals surface area contributed by atoms with Crippen LogP contribution in [0.4, 0.5) is 16.2 Å². The molecule has 1 saturated heterocycles. The number of carbonyl (C=O) groups is 2. The van der Waals surface area contributed by atoms with Crippen molar-refractivity contribution < 1.29 is 14.3 Å². The smallest absolute Gasteiger partial charge is 0.408 e. The third-order valence-corrected chi connectivity index (χ3v) is 5.62. The molecular weight excluding hydrogens is 374 g/mol. The molecule has 1 aromatic rings. The highest BCUT2D eigenvalue weighted by atomic mass is 35.5. The highest BCUT2D eigenvalue weighted by Crippen LogP contribution is 2.39. The van der Waals surface area contributed by atoms with Crippen LogP contribution in [0.15, 0.2) is 17.0 Å². The van der Waals surface area contributed by atoms with E-state index in [1.54, 1.807) is 26.8 Å². The molecule has 1 aromatic carbocycles. The van der Waals surface area contributed by atoms with Crippen molar-refractivity contribution in [2.24, 2.45) is 0 Å². The summed E-state index contributed by atoms with van der Waals surface area (Å²) in [7, 11) is 0. The summed E-state index contributed by atoms with van der Waals surface area (Å²) >= 11 is 7.97. The van der Waals surface area contributed by atoms with Crippen LogP contribution in [-0.4, -0.2) is 42.5 Å². The number of benzene rings is 1. The number of amides is 2. The summed E-state index contributed by atoms with van der Waals surface area (Å²) in [6.07, 6.45) is 1.73. The van der Waals surface area contributed by atoms with E-state index in [9.17, 15) is 9.59 Å². The van der Waals surface area contributed by atoms with Gasteiger partial charge in [0.1, 0.15) is 11.6 Å². The standard InChI is InChI=1S/C18H24ClN3O3S/c1-18(2,3)25-17(24)21-13-10-26-15-9-14(22-6-4-5-7-22)11(19)8-12(15)20-16(13)23/h8-9,13H,4-7,10H2,1-3H3,(H,20,23)(H,21,24)/t13-/m0/s1. The largest absolute Gasteiger partial charge is 0.444 e. The maximum absolute atomic E-state index is 12.5. The normalized spacial score (nSPS) is 20.2. The SMILES string of the molecule is CC(C)(C)OC(=O)N[C@H]1CSc2cc(N3CCCC3)c(Cl)cc2NC1=O. The Morgan fingerprint density at radius 3 is 2.69 bits per heavy atom. The van der Waals surface area contributed by atoms with Crippen LogP contribution >= 0.6 is 23.4 Å². The van der Waals surface area contributed by atoms with Gasteiger partial charge in [0.15, 0.2) is 0 Å². The van der Waals surface area contributed by atoms with Gasteiger partial charge in [0.2, 0.25) is 5.91 Å². The first kappa shape index (κ1) is 19.2. The van der Waals surface area contributed by atoms with E-state index in [1.807, 2.05) is 6.07 Å². The molecule has 2 heterocycles. The van der Waals surface area contributed by atoms with Gasteiger partial charge in [0, 0.05) is 23.7 Å². The minimum Gasteiger partial charge on any atom is -0.444 e. The van der Waals surface area contributed by atoms with Crippen molar-refractivity contribution in [3.05, 3.63) is 17.2 Å². The first-order valence-electron chi connectivity index (χ1n) is 8.74. The number of hydrogen-bond acceptors (Lipinski definition) is 5. The van der Waals surface area contributed by atoms with Gasteiger partial charge in [-0.15, -0.1) is 11.8 Å². The predicted octanol–water partition coefficient (Wildman–Crippen LogP) is 3.88. The Labute approximate surface area is 163 Å². The average Bonchev–Trinajstić information content (AvgIpc) is 3.00. The minimum absolute atomic E-state index is 0.271. The second-order valence-electron chi connectivity index (χ2n) is 7.49. The maximum atomic E-state index is 12.5. The zero-order valence-corrected chi connectivity index (χ0v) is 16.8. The third kappa shape index (κ3) is 4.57. The Morgan fingerprint density at radius 2 is 2.04 bits per heavy atom. The summed E-state index contributed by atoms with van der Waals surface area (Å²) in [4.78, 5) is 27.7. The molecule has 8 heteroatoms. The number of alkyl carbamates (subject to hydrolysis) is 1. The van der Waals surface area contributed by atoms with Crippen LogP contribution < -0.4 is 15.5 Å². The molecule has 0 aliphatic carbocycles. The molecule has 26 heavy (non-hydrogen) atoms. The minimum atomic E-state index is -0.670. The number of halogens is 1. The van der Waals surface area contributed by atoms with Crippen LogP contribution in [0.5, 0.6) is 0 Å². The van der Waals surface area contributed by atoms with E-state index in [0.29, 0.717) is 16.5 Å².